The summed E-state index contributed by atoms with van der Waals surface area (Å²) in [7, 11) is 1.61. The van der Waals surface area contributed by atoms with E-state index in [1.807, 2.05) is 22.6 Å². The number of carbonyl (C=O) groups is 2. The molecule has 1 amide bonds. The molecule has 0 heterocycles. The summed E-state index contributed by atoms with van der Waals surface area (Å²) in [4.78, 5) is 23.2. The van der Waals surface area contributed by atoms with E-state index in [0.717, 1.165) is 22.8 Å². The minimum Gasteiger partial charge on any atom is -0.478 e. The van der Waals surface area contributed by atoms with Gasteiger partial charge in [0.2, 0.25) is 5.91 Å². The van der Waals surface area contributed by atoms with Crippen LogP contribution in [0.5, 0.6) is 0 Å². The van der Waals surface area contributed by atoms with Crippen molar-refractivity contribution in [3.8, 4) is 0 Å². The number of methoxy groups -OCH3 is 1. The molecule has 1 aliphatic rings. The number of carboxylic acid groups (broad SMARTS) is 1. The fourth-order valence-electron chi connectivity index (χ4n) is 2.31. The first-order valence-corrected chi connectivity index (χ1v) is 7.41. The summed E-state index contributed by atoms with van der Waals surface area (Å²) in [5, 5.41) is 11.8. The summed E-state index contributed by atoms with van der Waals surface area (Å²) < 4.78 is 6.21. The molecule has 2 N–H and O–H groups in total. The first kappa shape index (κ1) is 15.2. The van der Waals surface area contributed by atoms with Gasteiger partial charge in [-0.25, -0.2) is 4.79 Å². The molecule has 5 nitrogen and oxygen atoms in total. The van der Waals surface area contributed by atoms with Crippen molar-refractivity contribution in [3.05, 3.63) is 27.3 Å². The van der Waals surface area contributed by atoms with Crippen LogP contribution in [0.1, 0.15) is 36.0 Å². The van der Waals surface area contributed by atoms with Gasteiger partial charge in [0.1, 0.15) is 0 Å². The zero-order valence-electron chi connectivity index (χ0n) is 11.1. The smallest absolute Gasteiger partial charge is 0.337 e. The first-order chi connectivity index (χ1) is 9.46. The Morgan fingerprint density at radius 1 is 1.45 bits per heavy atom. The van der Waals surface area contributed by atoms with Gasteiger partial charge in [0.15, 0.2) is 0 Å². The number of carbonyl (C=O) groups excluding carboxylic acids is 1. The number of rotatable bonds is 5. The fraction of sp³-hybridized carbons (Fsp3) is 0.429. The van der Waals surface area contributed by atoms with E-state index in [0.29, 0.717) is 5.69 Å². The fourth-order valence-corrected chi connectivity index (χ4v) is 2.80. The molecule has 2 rings (SSSR count). The van der Waals surface area contributed by atoms with Crippen molar-refractivity contribution in [2.24, 2.45) is 0 Å². The van der Waals surface area contributed by atoms with E-state index in [2.05, 4.69) is 5.32 Å². The summed E-state index contributed by atoms with van der Waals surface area (Å²) in [6.07, 6.45) is 3.06. The maximum atomic E-state index is 12.1. The minimum absolute atomic E-state index is 0.102. The van der Waals surface area contributed by atoms with Crippen molar-refractivity contribution in [2.45, 2.75) is 31.3 Å². The van der Waals surface area contributed by atoms with E-state index < -0.39 is 5.97 Å². The number of hydrogen-bond acceptors (Lipinski definition) is 3. The molecule has 108 valence electrons. The lowest BCUT2D eigenvalue weighted by Crippen LogP contribution is -2.42. The van der Waals surface area contributed by atoms with E-state index >= 15 is 0 Å². The second-order valence-corrected chi connectivity index (χ2v) is 6.21. The summed E-state index contributed by atoms with van der Waals surface area (Å²) in [5.74, 6) is -1.26. The second-order valence-electron chi connectivity index (χ2n) is 4.96. The molecular weight excluding hydrogens is 373 g/mol. The van der Waals surface area contributed by atoms with Crippen LogP contribution in [0.15, 0.2) is 18.2 Å². The highest BCUT2D eigenvalue weighted by Crippen LogP contribution is 2.38. The first-order valence-electron chi connectivity index (χ1n) is 6.34. The van der Waals surface area contributed by atoms with Crippen LogP contribution in [0, 0.1) is 3.57 Å². The van der Waals surface area contributed by atoms with Crippen LogP contribution in [0.3, 0.4) is 0 Å². The van der Waals surface area contributed by atoms with Gasteiger partial charge in [-0.1, -0.05) is 0 Å². The van der Waals surface area contributed by atoms with Crippen molar-refractivity contribution in [2.75, 3.05) is 12.4 Å². The Balaban J connectivity index is 2.10. The van der Waals surface area contributed by atoms with Gasteiger partial charge in [0.05, 0.1) is 23.3 Å². The molecule has 0 spiro atoms. The maximum Gasteiger partial charge on any atom is 0.337 e. The number of halogens is 1. The molecule has 1 aliphatic carbocycles. The molecule has 20 heavy (non-hydrogen) atoms. The average Bonchev–Trinajstić information content (AvgIpc) is 2.36. The summed E-state index contributed by atoms with van der Waals surface area (Å²) in [5.41, 5.74) is 0.0651. The number of amides is 1. The third-order valence-electron chi connectivity index (χ3n) is 3.67. The van der Waals surface area contributed by atoms with Crippen LogP contribution in [-0.2, 0) is 9.53 Å². The standard InChI is InChI=1S/C14H16INO4/c1-20-14(5-2-6-14)8-12(17)16-11-4-3-9(15)7-10(11)13(18)19/h3-4,7H,2,5-6,8H2,1H3,(H,16,17)(H,18,19). The zero-order chi connectivity index (χ0) is 14.8. The van der Waals surface area contributed by atoms with E-state index in [4.69, 9.17) is 9.84 Å². The van der Waals surface area contributed by atoms with E-state index in [1.165, 1.54) is 6.07 Å². The molecule has 1 aromatic carbocycles. The predicted octanol–water partition coefficient (Wildman–Crippen LogP) is 2.89. The van der Waals surface area contributed by atoms with Crippen molar-refractivity contribution >= 4 is 40.2 Å². The van der Waals surface area contributed by atoms with Gasteiger partial charge in [-0.2, -0.15) is 0 Å². The number of nitrogens with one attached hydrogen (secondary N) is 1. The van der Waals surface area contributed by atoms with Gasteiger partial charge in [-0.3, -0.25) is 4.79 Å². The van der Waals surface area contributed by atoms with Crippen LogP contribution >= 0.6 is 22.6 Å². The van der Waals surface area contributed by atoms with E-state index in [9.17, 15) is 9.59 Å². The molecule has 6 heteroatoms. The molecule has 1 saturated carbocycles. The van der Waals surface area contributed by atoms with E-state index in [-0.39, 0.29) is 23.5 Å². The predicted molar refractivity (Wildman–Crippen MR) is 83.0 cm³/mol. The lowest BCUT2D eigenvalue weighted by atomic mass is 9.77. The average molecular weight is 389 g/mol. The van der Waals surface area contributed by atoms with Crippen molar-refractivity contribution in [1.82, 2.24) is 0 Å². The number of carboxylic acids is 1. The monoisotopic (exact) mass is 389 g/mol. The van der Waals surface area contributed by atoms with Crippen LogP contribution in [0.4, 0.5) is 5.69 Å². The van der Waals surface area contributed by atoms with Gasteiger partial charge in [-0.15, -0.1) is 0 Å². The highest BCUT2D eigenvalue weighted by molar-refractivity contribution is 14.1. The Kier molecular flexibility index (Phi) is 4.64. The third-order valence-corrected chi connectivity index (χ3v) is 4.34. The van der Waals surface area contributed by atoms with Gasteiger partial charge in [0, 0.05) is 10.7 Å². The quantitative estimate of drug-likeness (QED) is 0.760. The molecule has 0 unspecified atom stereocenters. The minimum atomic E-state index is -1.05. The number of anilines is 1. The zero-order valence-corrected chi connectivity index (χ0v) is 13.3. The maximum absolute atomic E-state index is 12.1. The van der Waals surface area contributed by atoms with Crippen LogP contribution in [-0.4, -0.2) is 29.7 Å². The Bertz CT molecular complexity index is 534. The lowest BCUT2D eigenvalue weighted by molar-refractivity contribution is -0.129. The highest BCUT2D eigenvalue weighted by Gasteiger charge is 2.39. The SMILES string of the molecule is COC1(CC(=O)Nc2ccc(I)cc2C(=O)O)CCC1. The van der Waals surface area contributed by atoms with Gasteiger partial charge >= 0.3 is 5.97 Å². The molecule has 0 aromatic heterocycles. The summed E-state index contributed by atoms with van der Waals surface area (Å²) >= 11 is 2.04. The lowest BCUT2D eigenvalue weighted by Gasteiger charge is -2.39. The van der Waals surface area contributed by atoms with Crippen molar-refractivity contribution in [1.29, 1.82) is 0 Å². The van der Waals surface area contributed by atoms with Crippen molar-refractivity contribution < 1.29 is 19.4 Å². The second kappa shape index (κ2) is 6.09. The summed E-state index contributed by atoms with van der Waals surface area (Å²) in [6.45, 7) is 0. The molecule has 0 saturated heterocycles. The van der Waals surface area contributed by atoms with E-state index in [1.54, 1.807) is 19.2 Å². The Labute approximate surface area is 130 Å². The van der Waals surface area contributed by atoms with Gasteiger partial charge in [0.25, 0.3) is 0 Å². The third kappa shape index (κ3) is 3.29. The van der Waals surface area contributed by atoms with Crippen molar-refractivity contribution in [3.63, 3.8) is 0 Å². The topological polar surface area (TPSA) is 75.6 Å². The highest BCUT2D eigenvalue weighted by atomic mass is 127. The normalized spacial score (nSPS) is 16.3. The molecule has 0 bridgehead atoms. The molecule has 0 radical (unpaired) electrons. The number of aromatic carboxylic acids is 1. The van der Waals surface area contributed by atoms with Gasteiger partial charge < -0.3 is 15.2 Å². The van der Waals surface area contributed by atoms with Gasteiger partial charge in [-0.05, 0) is 60.1 Å². The largest absolute Gasteiger partial charge is 0.478 e. The Hall–Kier alpha value is -1.15. The van der Waals surface area contributed by atoms with Crippen LogP contribution in [0.25, 0.3) is 0 Å². The molecule has 0 aliphatic heterocycles. The van der Waals surface area contributed by atoms with Crippen LogP contribution < -0.4 is 5.32 Å². The molecule has 0 atom stereocenters. The summed E-state index contributed by atoms with van der Waals surface area (Å²) in [6, 6.07) is 4.91. The number of ether oxygens (including phenoxy) is 1. The number of benzene rings is 1. The molecule has 1 fully saturated rings. The Morgan fingerprint density at radius 2 is 2.15 bits per heavy atom. The molecule has 1 aromatic rings. The molecular formula is C14H16INO4. The number of hydrogen-bond donors (Lipinski definition) is 2. The Morgan fingerprint density at radius 3 is 2.65 bits per heavy atom. The van der Waals surface area contributed by atoms with Crippen LogP contribution in [0.2, 0.25) is 0 Å².